The van der Waals surface area contributed by atoms with Crippen molar-refractivity contribution in [2.24, 2.45) is 0 Å². The lowest BCUT2D eigenvalue weighted by molar-refractivity contribution is 0.867. The zero-order valence-electron chi connectivity index (χ0n) is 14.7. The van der Waals surface area contributed by atoms with Gasteiger partial charge in [-0.25, -0.2) is 4.98 Å². The number of nitrogen functional groups attached to an aromatic ring is 1. The SMILES string of the molecule is Cc1nc(N)c(C#N)c(-c2ccc(C(C)C)cc2)c1-c1ccccc1. The highest BCUT2D eigenvalue weighted by Crippen LogP contribution is 2.38. The van der Waals surface area contributed by atoms with Gasteiger partial charge in [-0.1, -0.05) is 68.4 Å². The topological polar surface area (TPSA) is 62.7 Å². The molecule has 1 heterocycles. The van der Waals surface area contributed by atoms with E-state index in [0.29, 0.717) is 11.5 Å². The quantitative estimate of drug-likeness (QED) is 0.710. The number of anilines is 1. The van der Waals surface area contributed by atoms with Gasteiger partial charge in [0.2, 0.25) is 0 Å². The van der Waals surface area contributed by atoms with Crippen molar-refractivity contribution in [1.82, 2.24) is 4.98 Å². The monoisotopic (exact) mass is 327 g/mol. The number of hydrogen-bond donors (Lipinski definition) is 1. The molecular weight excluding hydrogens is 306 g/mol. The molecule has 3 heteroatoms. The first-order chi connectivity index (χ1) is 12.0. The van der Waals surface area contributed by atoms with E-state index in [2.05, 4.69) is 49.2 Å². The number of nitrogens with two attached hydrogens (primary N) is 1. The Bertz CT molecular complexity index is 934. The van der Waals surface area contributed by atoms with E-state index in [-0.39, 0.29) is 5.82 Å². The van der Waals surface area contributed by atoms with E-state index in [9.17, 15) is 5.26 Å². The lowest BCUT2D eigenvalue weighted by Gasteiger charge is -2.17. The highest BCUT2D eigenvalue weighted by Gasteiger charge is 2.19. The van der Waals surface area contributed by atoms with E-state index in [1.807, 2.05) is 37.3 Å². The molecule has 0 radical (unpaired) electrons. The highest BCUT2D eigenvalue weighted by atomic mass is 14.8. The fourth-order valence-corrected chi connectivity index (χ4v) is 3.12. The van der Waals surface area contributed by atoms with Crippen LogP contribution in [-0.4, -0.2) is 4.98 Å². The minimum atomic E-state index is 0.280. The molecule has 0 unspecified atom stereocenters. The third-order valence-corrected chi connectivity index (χ3v) is 4.45. The zero-order valence-corrected chi connectivity index (χ0v) is 14.7. The molecule has 1 aromatic heterocycles. The predicted octanol–water partition coefficient (Wildman–Crippen LogP) is 5.30. The van der Waals surface area contributed by atoms with Crippen LogP contribution < -0.4 is 5.73 Å². The number of nitrogens with zero attached hydrogens (tertiary/aromatic N) is 2. The van der Waals surface area contributed by atoms with Crippen LogP contribution in [0.4, 0.5) is 5.82 Å². The maximum absolute atomic E-state index is 9.70. The molecule has 25 heavy (non-hydrogen) atoms. The largest absolute Gasteiger partial charge is 0.383 e. The van der Waals surface area contributed by atoms with Crippen LogP contribution in [0.15, 0.2) is 54.6 Å². The van der Waals surface area contributed by atoms with Gasteiger partial charge in [-0.15, -0.1) is 0 Å². The summed E-state index contributed by atoms with van der Waals surface area (Å²) in [6, 6.07) is 20.6. The van der Waals surface area contributed by atoms with Gasteiger partial charge in [0.1, 0.15) is 17.5 Å². The van der Waals surface area contributed by atoms with Gasteiger partial charge in [-0.2, -0.15) is 5.26 Å². The number of rotatable bonds is 3. The van der Waals surface area contributed by atoms with Crippen LogP contribution in [-0.2, 0) is 0 Å². The molecular formula is C22H21N3. The Hall–Kier alpha value is -3.12. The third-order valence-electron chi connectivity index (χ3n) is 4.45. The van der Waals surface area contributed by atoms with Crippen molar-refractivity contribution in [3.8, 4) is 28.3 Å². The van der Waals surface area contributed by atoms with E-state index < -0.39 is 0 Å². The Morgan fingerprint density at radius 3 is 2.08 bits per heavy atom. The molecule has 0 bridgehead atoms. The van der Waals surface area contributed by atoms with E-state index in [0.717, 1.165) is 27.9 Å². The first kappa shape index (κ1) is 16.7. The number of benzene rings is 2. The second-order valence-electron chi connectivity index (χ2n) is 6.46. The first-order valence-corrected chi connectivity index (χ1v) is 8.38. The lowest BCUT2D eigenvalue weighted by atomic mass is 9.89. The van der Waals surface area contributed by atoms with Crippen molar-refractivity contribution >= 4 is 5.82 Å². The molecule has 0 aliphatic heterocycles. The van der Waals surface area contributed by atoms with Gasteiger partial charge in [0.15, 0.2) is 0 Å². The molecule has 3 aromatic rings. The number of aromatic nitrogens is 1. The maximum atomic E-state index is 9.70. The fraction of sp³-hybridized carbons (Fsp3) is 0.182. The molecule has 0 saturated heterocycles. The minimum absolute atomic E-state index is 0.280. The number of pyridine rings is 1. The van der Waals surface area contributed by atoms with Gasteiger partial charge in [-0.3, -0.25) is 0 Å². The summed E-state index contributed by atoms with van der Waals surface area (Å²) in [5.41, 5.74) is 12.4. The van der Waals surface area contributed by atoms with Crippen molar-refractivity contribution in [3.63, 3.8) is 0 Å². The predicted molar refractivity (Wildman–Crippen MR) is 103 cm³/mol. The van der Waals surface area contributed by atoms with E-state index in [1.54, 1.807) is 0 Å². The van der Waals surface area contributed by atoms with Gasteiger partial charge in [-0.05, 0) is 29.5 Å². The summed E-state index contributed by atoms with van der Waals surface area (Å²) < 4.78 is 0. The Labute approximate surface area is 148 Å². The van der Waals surface area contributed by atoms with Gasteiger partial charge in [0.05, 0.1) is 0 Å². The molecule has 0 aliphatic carbocycles. The number of hydrogen-bond acceptors (Lipinski definition) is 3. The standard InChI is InChI=1S/C22H21N3/c1-14(2)16-9-11-18(12-10-16)21-19(13-23)22(24)25-15(3)20(21)17-7-5-4-6-8-17/h4-12,14H,1-3H3,(H2,24,25). The van der Waals surface area contributed by atoms with E-state index >= 15 is 0 Å². The van der Waals surface area contributed by atoms with Gasteiger partial charge in [0, 0.05) is 16.8 Å². The second-order valence-corrected chi connectivity index (χ2v) is 6.46. The summed E-state index contributed by atoms with van der Waals surface area (Å²) >= 11 is 0. The van der Waals surface area contributed by atoms with Crippen LogP contribution in [0.2, 0.25) is 0 Å². The fourth-order valence-electron chi connectivity index (χ4n) is 3.12. The van der Waals surface area contributed by atoms with Crippen molar-refractivity contribution in [1.29, 1.82) is 5.26 Å². The van der Waals surface area contributed by atoms with Crippen LogP contribution >= 0.6 is 0 Å². The van der Waals surface area contributed by atoms with Crippen LogP contribution in [0.25, 0.3) is 22.3 Å². The summed E-state index contributed by atoms with van der Waals surface area (Å²) in [6.45, 7) is 6.27. The van der Waals surface area contributed by atoms with Crippen LogP contribution in [0.1, 0.15) is 36.6 Å². The molecule has 0 spiro atoms. The van der Waals surface area contributed by atoms with Gasteiger partial charge < -0.3 is 5.73 Å². The molecule has 0 atom stereocenters. The first-order valence-electron chi connectivity index (χ1n) is 8.38. The number of nitriles is 1. The molecule has 2 aromatic carbocycles. The summed E-state index contributed by atoms with van der Waals surface area (Å²) in [6.07, 6.45) is 0. The Kier molecular flexibility index (Phi) is 4.54. The van der Waals surface area contributed by atoms with Crippen LogP contribution in [0.5, 0.6) is 0 Å². The second kappa shape index (κ2) is 6.78. The summed E-state index contributed by atoms with van der Waals surface area (Å²) in [5.74, 6) is 0.741. The van der Waals surface area contributed by atoms with Gasteiger partial charge >= 0.3 is 0 Å². The molecule has 3 rings (SSSR count). The third kappa shape index (κ3) is 3.12. The van der Waals surface area contributed by atoms with E-state index in [4.69, 9.17) is 5.73 Å². The summed E-state index contributed by atoms with van der Waals surface area (Å²) in [4.78, 5) is 4.41. The van der Waals surface area contributed by atoms with Crippen LogP contribution in [0.3, 0.4) is 0 Å². The minimum Gasteiger partial charge on any atom is -0.383 e. The van der Waals surface area contributed by atoms with E-state index in [1.165, 1.54) is 5.56 Å². The zero-order chi connectivity index (χ0) is 18.0. The van der Waals surface area contributed by atoms with Crippen molar-refractivity contribution in [2.45, 2.75) is 26.7 Å². The van der Waals surface area contributed by atoms with Crippen LogP contribution in [0, 0.1) is 18.3 Å². The molecule has 2 N–H and O–H groups in total. The highest BCUT2D eigenvalue weighted by molar-refractivity contribution is 5.91. The smallest absolute Gasteiger partial charge is 0.142 e. The van der Waals surface area contributed by atoms with Crippen molar-refractivity contribution in [3.05, 3.63) is 71.4 Å². The Morgan fingerprint density at radius 2 is 1.52 bits per heavy atom. The molecule has 3 nitrogen and oxygen atoms in total. The van der Waals surface area contributed by atoms with Crippen molar-refractivity contribution in [2.75, 3.05) is 5.73 Å². The molecule has 0 fully saturated rings. The lowest BCUT2D eigenvalue weighted by Crippen LogP contribution is -2.03. The summed E-state index contributed by atoms with van der Waals surface area (Å²) in [5, 5.41) is 9.70. The average molecular weight is 327 g/mol. The maximum Gasteiger partial charge on any atom is 0.142 e. The molecule has 0 saturated carbocycles. The molecule has 0 aliphatic rings. The molecule has 0 amide bonds. The van der Waals surface area contributed by atoms with Crippen molar-refractivity contribution < 1.29 is 0 Å². The average Bonchev–Trinajstić information content (AvgIpc) is 2.62. The summed E-state index contributed by atoms with van der Waals surface area (Å²) in [7, 11) is 0. The Morgan fingerprint density at radius 1 is 0.920 bits per heavy atom. The van der Waals surface area contributed by atoms with Gasteiger partial charge in [0.25, 0.3) is 0 Å². The molecule has 124 valence electrons. The normalized spacial score (nSPS) is 10.7. The Balaban J connectivity index is 2.32. The number of aryl methyl sites for hydroxylation is 1.